The average Bonchev–Trinajstić information content (AvgIpc) is 3.40. The van der Waals surface area contributed by atoms with Crippen LogP contribution in [-0.4, -0.2) is 62.0 Å². The van der Waals surface area contributed by atoms with E-state index in [-0.39, 0.29) is 36.4 Å². The molecule has 0 unspecified atom stereocenters. The maximum absolute atomic E-state index is 13.8. The summed E-state index contributed by atoms with van der Waals surface area (Å²) in [6, 6.07) is 7.91. The number of anilines is 1. The van der Waals surface area contributed by atoms with E-state index in [1.165, 1.54) is 42.3 Å². The van der Waals surface area contributed by atoms with Gasteiger partial charge in [-0.25, -0.2) is 12.8 Å². The lowest BCUT2D eigenvalue weighted by atomic mass is 10.1. The van der Waals surface area contributed by atoms with Crippen molar-refractivity contribution < 1.29 is 32.1 Å². The molecule has 3 rings (SSSR count). The third-order valence-corrected chi connectivity index (χ3v) is 7.80. The minimum atomic E-state index is -4.14. The molecule has 0 radical (unpaired) electrons. The summed E-state index contributed by atoms with van der Waals surface area (Å²) in [4.78, 5) is 39.1. The van der Waals surface area contributed by atoms with Crippen molar-refractivity contribution in [2.24, 2.45) is 0 Å². The summed E-state index contributed by atoms with van der Waals surface area (Å²) in [5, 5.41) is 14.4. The molecule has 1 fully saturated rings. The second-order valence-electron chi connectivity index (χ2n) is 9.45. The SMILES string of the molecule is CC[C@@H](C(=O)NC1CCCC1)N(Cc1ccc(F)cc1)C(=O)CN(c1cc([N+](=O)[O-])ccc1OC)S(C)(=O)=O. The van der Waals surface area contributed by atoms with E-state index in [4.69, 9.17) is 4.74 Å². The van der Waals surface area contributed by atoms with E-state index in [9.17, 15) is 32.5 Å². The Morgan fingerprint density at radius 1 is 1.18 bits per heavy atom. The molecule has 1 N–H and O–H groups in total. The van der Waals surface area contributed by atoms with Gasteiger partial charge >= 0.3 is 0 Å². The van der Waals surface area contributed by atoms with Crippen LogP contribution in [-0.2, 0) is 26.2 Å². The molecule has 0 aromatic heterocycles. The number of nitrogens with zero attached hydrogens (tertiary/aromatic N) is 3. The summed E-state index contributed by atoms with van der Waals surface area (Å²) in [5.41, 5.74) is -0.0408. The number of sulfonamides is 1. The van der Waals surface area contributed by atoms with Crippen LogP contribution in [0.2, 0.25) is 0 Å². The Labute approximate surface area is 227 Å². The Balaban J connectivity index is 2.00. The van der Waals surface area contributed by atoms with Crippen molar-refractivity contribution in [3.05, 3.63) is 64.0 Å². The van der Waals surface area contributed by atoms with Crippen molar-refractivity contribution in [2.75, 3.05) is 24.2 Å². The van der Waals surface area contributed by atoms with E-state index in [2.05, 4.69) is 5.32 Å². The molecule has 0 bridgehead atoms. The van der Waals surface area contributed by atoms with Gasteiger partial charge < -0.3 is 15.0 Å². The van der Waals surface area contributed by atoms with Crippen LogP contribution in [0.15, 0.2) is 42.5 Å². The van der Waals surface area contributed by atoms with E-state index >= 15 is 0 Å². The summed E-state index contributed by atoms with van der Waals surface area (Å²) in [5.74, 6) is -1.54. The number of nitrogens with one attached hydrogen (secondary N) is 1. The molecule has 1 atom stereocenters. The minimum absolute atomic E-state index is 0.00373. The Morgan fingerprint density at radius 2 is 1.82 bits per heavy atom. The van der Waals surface area contributed by atoms with Gasteiger partial charge in [0.2, 0.25) is 21.8 Å². The first-order valence-corrected chi connectivity index (χ1v) is 14.4. The number of non-ortho nitro benzene ring substituents is 1. The zero-order valence-corrected chi connectivity index (χ0v) is 22.9. The highest BCUT2D eigenvalue weighted by atomic mass is 32.2. The fourth-order valence-electron chi connectivity index (χ4n) is 4.66. The number of nitro groups is 1. The highest BCUT2D eigenvalue weighted by Crippen LogP contribution is 2.34. The van der Waals surface area contributed by atoms with E-state index in [0.717, 1.165) is 48.4 Å². The van der Waals surface area contributed by atoms with Crippen LogP contribution in [0.1, 0.15) is 44.6 Å². The van der Waals surface area contributed by atoms with Crippen LogP contribution in [0, 0.1) is 15.9 Å². The number of ether oxygens (including phenoxy) is 1. The molecule has 0 saturated heterocycles. The Kier molecular flexibility index (Phi) is 9.84. The average molecular weight is 565 g/mol. The van der Waals surface area contributed by atoms with Gasteiger partial charge in [0.25, 0.3) is 5.69 Å². The van der Waals surface area contributed by atoms with Crippen molar-refractivity contribution >= 4 is 33.2 Å². The van der Waals surface area contributed by atoms with Gasteiger partial charge in [-0.3, -0.25) is 24.0 Å². The van der Waals surface area contributed by atoms with Gasteiger partial charge in [0.15, 0.2) is 0 Å². The summed E-state index contributed by atoms with van der Waals surface area (Å²) in [6.07, 6.45) is 4.77. The highest BCUT2D eigenvalue weighted by molar-refractivity contribution is 7.92. The monoisotopic (exact) mass is 564 g/mol. The zero-order chi connectivity index (χ0) is 28.7. The molecule has 2 amide bonds. The number of amides is 2. The maximum Gasteiger partial charge on any atom is 0.271 e. The Hall–Kier alpha value is -3.74. The van der Waals surface area contributed by atoms with Crippen molar-refractivity contribution in [3.8, 4) is 5.75 Å². The maximum atomic E-state index is 13.8. The fourth-order valence-corrected chi connectivity index (χ4v) is 5.50. The van der Waals surface area contributed by atoms with Gasteiger partial charge in [0.05, 0.1) is 18.3 Å². The number of hydrogen-bond donors (Lipinski definition) is 1. The number of halogens is 1. The largest absolute Gasteiger partial charge is 0.495 e. The standard InChI is InChI=1S/C26H33FN4O7S/c1-4-22(26(33)28-20-7-5-6-8-20)29(16-18-9-11-19(27)12-10-18)25(32)17-30(39(3,36)37)23-15-21(31(34)35)13-14-24(23)38-2/h9-15,20,22H,4-8,16-17H2,1-3H3,(H,28,33)/t22-/m0/s1. The molecule has 1 saturated carbocycles. The van der Waals surface area contributed by atoms with E-state index in [0.29, 0.717) is 5.56 Å². The third kappa shape index (κ3) is 7.65. The molecular weight excluding hydrogens is 531 g/mol. The first-order valence-electron chi connectivity index (χ1n) is 12.6. The van der Waals surface area contributed by atoms with Gasteiger partial charge in [0.1, 0.15) is 29.8 Å². The third-order valence-electron chi connectivity index (χ3n) is 6.67. The minimum Gasteiger partial charge on any atom is -0.495 e. The van der Waals surface area contributed by atoms with Crippen molar-refractivity contribution in [1.82, 2.24) is 10.2 Å². The van der Waals surface area contributed by atoms with Crippen LogP contribution in [0.5, 0.6) is 5.75 Å². The molecule has 13 heteroatoms. The molecule has 2 aromatic rings. The van der Waals surface area contributed by atoms with Crippen LogP contribution in [0.3, 0.4) is 0 Å². The quantitative estimate of drug-likeness (QED) is 0.308. The first-order chi connectivity index (χ1) is 18.4. The van der Waals surface area contributed by atoms with Gasteiger partial charge in [0, 0.05) is 24.7 Å². The van der Waals surface area contributed by atoms with E-state index in [1.807, 2.05) is 0 Å². The van der Waals surface area contributed by atoms with Crippen LogP contribution < -0.4 is 14.4 Å². The van der Waals surface area contributed by atoms with Crippen molar-refractivity contribution in [3.63, 3.8) is 0 Å². The molecule has 39 heavy (non-hydrogen) atoms. The lowest BCUT2D eigenvalue weighted by Gasteiger charge is -2.33. The Bertz CT molecular complexity index is 1300. The summed E-state index contributed by atoms with van der Waals surface area (Å²) in [6.45, 7) is 0.909. The van der Waals surface area contributed by atoms with Crippen LogP contribution in [0.4, 0.5) is 15.8 Å². The number of nitro benzene ring substituents is 1. The molecular formula is C26H33FN4O7S. The molecule has 0 heterocycles. The number of methoxy groups -OCH3 is 1. The lowest BCUT2D eigenvalue weighted by molar-refractivity contribution is -0.384. The van der Waals surface area contributed by atoms with Gasteiger partial charge in [-0.15, -0.1) is 0 Å². The number of rotatable bonds is 12. The zero-order valence-electron chi connectivity index (χ0n) is 22.1. The predicted molar refractivity (Wildman–Crippen MR) is 143 cm³/mol. The topological polar surface area (TPSA) is 139 Å². The summed E-state index contributed by atoms with van der Waals surface area (Å²) >= 11 is 0. The van der Waals surface area contributed by atoms with Gasteiger partial charge in [-0.05, 0) is 43.0 Å². The van der Waals surface area contributed by atoms with Gasteiger partial charge in [-0.1, -0.05) is 31.9 Å². The second kappa shape index (κ2) is 12.9. The smallest absolute Gasteiger partial charge is 0.271 e. The summed E-state index contributed by atoms with van der Waals surface area (Å²) in [7, 11) is -2.87. The molecule has 0 spiro atoms. The van der Waals surface area contributed by atoms with Crippen LogP contribution >= 0.6 is 0 Å². The predicted octanol–water partition coefficient (Wildman–Crippen LogP) is 3.37. The molecule has 1 aliphatic carbocycles. The molecule has 212 valence electrons. The van der Waals surface area contributed by atoms with Crippen LogP contribution in [0.25, 0.3) is 0 Å². The highest BCUT2D eigenvalue weighted by Gasteiger charge is 2.34. The van der Waals surface area contributed by atoms with Gasteiger partial charge in [-0.2, -0.15) is 0 Å². The fraction of sp³-hybridized carbons (Fsp3) is 0.462. The molecule has 1 aliphatic rings. The lowest BCUT2D eigenvalue weighted by Crippen LogP contribution is -2.53. The second-order valence-corrected chi connectivity index (χ2v) is 11.4. The Morgan fingerprint density at radius 3 is 2.36 bits per heavy atom. The van der Waals surface area contributed by atoms with Crippen molar-refractivity contribution in [2.45, 2.75) is 57.7 Å². The van der Waals surface area contributed by atoms with Crippen molar-refractivity contribution in [1.29, 1.82) is 0 Å². The molecule has 11 nitrogen and oxygen atoms in total. The number of carbonyl (C=O) groups excluding carboxylic acids is 2. The first kappa shape index (κ1) is 29.8. The van der Waals surface area contributed by atoms with E-state index in [1.54, 1.807) is 6.92 Å². The number of hydrogen-bond acceptors (Lipinski definition) is 7. The number of benzene rings is 2. The normalized spacial score (nSPS) is 14.5. The van der Waals surface area contributed by atoms with E-state index < -0.39 is 44.9 Å². The summed E-state index contributed by atoms with van der Waals surface area (Å²) < 4.78 is 45.2. The molecule has 2 aromatic carbocycles. The number of carbonyl (C=O) groups is 2. The molecule has 0 aliphatic heterocycles.